The lowest BCUT2D eigenvalue weighted by atomic mass is 9.79. The fourth-order valence-corrected chi connectivity index (χ4v) is 2.13. The van der Waals surface area contributed by atoms with Crippen LogP contribution in [-0.4, -0.2) is 0 Å². The number of benzene rings is 1. The van der Waals surface area contributed by atoms with Crippen molar-refractivity contribution in [2.45, 2.75) is 33.1 Å². The zero-order chi connectivity index (χ0) is 10.0. The highest BCUT2D eigenvalue weighted by molar-refractivity contribution is 5.30. The minimum absolute atomic E-state index is 0.410. The van der Waals surface area contributed by atoms with Gasteiger partial charge < -0.3 is 0 Å². The smallest absolute Gasteiger partial charge is 0.00947 e. The van der Waals surface area contributed by atoms with E-state index in [2.05, 4.69) is 50.3 Å². The quantitative estimate of drug-likeness (QED) is 0.541. The number of fused-ring (bicyclic) bond motifs is 1. The summed E-state index contributed by atoms with van der Waals surface area (Å²) < 4.78 is 0. The summed E-state index contributed by atoms with van der Waals surface area (Å²) in [5.41, 5.74) is 3.44. The van der Waals surface area contributed by atoms with Gasteiger partial charge in [0.15, 0.2) is 0 Å². The monoisotopic (exact) mass is 186 g/mol. The molecule has 0 aromatic heterocycles. The Hall–Kier alpha value is -1.04. The average molecular weight is 186 g/mol. The summed E-state index contributed by atoms with van der Waals surface area (Å²) >= 11 is 0. The first-order valence-electron chi connectivity index (χ1n) is 5.39. The molecule has 0 radical (unpaired) electrons. The molecule has 0 fully saturated rings. The maximum atomic E-state index is 2.35. The van der Waals surface area contributed by atoms with Crippen LogP contribution in [0.3, 0.4) is 0 Å². The molecule has 0 atom stereocenters. The Balaban J connectivity index is 2.37. The molecule has 0 heteroatoms. The minimum Gasteiger partial charge on any atom is -0.0877 e. The van der Waals surface area contributed by atoms with E-state index in [9.17, 15) is 0 Å². The Kier molecular flexibility index (Phi) is 2.45. The molecular formula is C14H18. The Bertz CT molecular complexity index is 345. The van der Waals surface area contributed by atoms with Crippen LogP contribution in [0.5, 0.6) is 0 Å². The predicted octanol–water partition coefficient (Wildman–Crippen LogP) is 3.76. The van der Waals surface area contributed by atoms with Gasteiger partial charge in [-0.2, -0.15) is 0 Å². The molecule has 1 aromatic rings. The van der Waals surface area contributed by atoms with Crippen molar-refractivity contribution >= 4 is 0 Å². The van der Waals surface area contributed by atoms with Gasteiger partial charge in [0.2, 0.25) is 0 Å². The van der Waals surface area contributed by atoms with E-state index in [1.54, 1.807) is 0 Å². The first-order chi connectivity index (χ1) is 6.67. The van der Waals surface area contributed by atoms with Crippen molar-refractivity contribution in [3.63, 3.8) is 0 Å². The standard InChI is InChI=1S/C14H18/c1-14(2)10-6-5-8-12-7-3-4-9-13(12)11-14/h3-7,9H,8,10-11H2,1-2H3/b6-5-. The van der Waals surface area contributed by atoms with E-state index in [0.717, 1.165) is 6.42 Å². The number of hydrogen-bond donors (Lipinski definition) is 0. The topological polar surface area (TPSA) is 0 Å². The molecule has 0 amide bonds. The molecule has 0 nitrogen and oxygen atoms in total. The molecule has 1 aliphatic rings. The van der Waals surface area contributed by atoms with Crippen molar-refractivity contribution in [3.8, 4) is 0 Å². The Morgan fingerprint density at radius 2 is 1.71 bits per heavy atom. The SMILES string of the molecule is CC1(C)C/C=C\Cc2ccccc2C1. The summed E-state index contributed by atoms with van der Waals surface area (Å²) in [6.07, 6.45) is 8.14. The molecule has 0 saturated heterocycles. The predicted molar refractivity (Wildman–Crippen MR) is 61.4 cm³/mol. The molecule has 74 valence electrons. The van der Waals surface area contributed by atoms with Gasteiger partial charge in [0.25, 0.3) is 0 Å². The molecule has 0 aliphatic heterocycles. The second-order valence-corrected chi connectivity index (χ2v) is 4.99. The second-order valence-electron chi connectivity index (χ2n) is 4.99. The molecule has 1 aromatic carbocycles. The first-order valence-corrected chi connectivity index (χ1v) is 5.39. The molecule has 0 unspecified atom stereocenters. The van der Waals surface area contributed by atoms with Crippen LogP contribution in [-0.2, 0) is 12.8 Å². The molecule has 0 bridgehead atoms. The van der Waals surface area contributed by atoms with Crippen LogP contribution in [0.1, 0.15) is 31.4 Å². The fraction of sp³-hybridized carbons (Fsp3) is 0.429. The molecule has 1 aliphatic carbocycles. The van der Waals surface area contributed by atoms with Gasteiger partial charge in [-0.15, -0.1) is 0 Å². The van der Waals surface area contributed by atoms with Crippen molar-refractivity contribution in [3.05, 3.63) is 47.5 Å². The highest BCUT2D eigenvalue weighted by Gasteiger charge is 2.19. The normalized spacial score (nSPS) is 21.9. The van der Waals surface area contributed by atoms with Crippen LogP contribution in [0.25, 0.3) is 0 Å². The lowest BCUT2D eigenvalue weighted by Gasteiger charge is -2.26. The molecule has 0 spiro atoms. The van der Waals surface area contributed by atoms with E-state index >= 15 is 0 Å². The van der Waals surface area contributed by atoms with Crippen molar-refractivity contribution in [2.24, 2.45) is 5.41 Å². The summed E-state index contributed by atoms with van der Waals surface area (Å²) in [5.74, 6) is 0. The summed E-state index contributed by atoms with van der Waals surface area (Å²) in [4.78, 5) is 0. The van der Waals surface area contributed by atoms with Gasteiger partial charge in [0, 0.05) is 0 Å². The summed E-state index contributed by atoms with van der Waals surface area (Å²) in [6, 6.07) is 8.82. The molecule has 2 rings (SSSR count). The third-order valence-corrected chi connectivity index (χ3v) is 2.96. The molecular weight excluding hydrogens is 168 g/mol. The van der Waals surface area contributed by atoms with Gasteiger partial charge in [-0.05, 0) is 35.8 Å². The highest BCUT2D eigenvalue weighted by Crippen LogP contribution is 2.29. The third-order valence-electron chi connectivity index (χ3n) is 2.96. The van der Waals surface area contributed by atoms with Crippen LogP contribution in [0.2, 0.25) is 0 Å². The van der Waals surface area contributed by atoms with Crippen LogP contribution in [0.4, 0.5) is 0 Å². The fourth-order valence-electron chi connectivity index (χ4n) is 2.13. The van der Waals surface area contributed by atoms with Crippen LogP contribution < -0.4 is 0 Å². The maximum absolute atomic E-state index is 2.35. The van der Waals surface area contributed by atoms with Crippen molar-refractivity contribution in [1.29, 1.82) is 0 Å². The van der Waals surface area contributed by atoms with E-state index < -0.39 is 0 Å². The van der Waals surface area contributed by atoms with E-state index in [0.29, 0.717) is 5.41 Å². The van der Waals surface area contributed by atoms with Crippen molar-refractivity contribution < 1.29 is 0 Å². The average Bonchev–Trinajstić information content (AvgIpc) is 2.11. The summed E-state index contributed by atoms with van der Waals surface area (Å²) in [6.45, 7) is 4.69. The lowest BCUT2D eigenvalue weighted by molar-refractivity contribution is 0.366. The largest absolute Gasteiger partial charge is 0.0877 e. The highest BCUT2D eigenvalue weighted by atomic mass is 14.2. The van der Waals surface area contributed by atoms with Gasteiger partial charge in [0.1, 0.15) is 0 Å². The number of hydrogen-bond acceptors (Lipinski definition) is 0. The first kappa shape index (κ1) is 9.51. The summed E-state index contributed by atoms with van der Waals surface area (Å²) in [5, 5.41) is 0. The van der Waals surface area contributed by atoms with Gasteiger partial charge in [0.05, 0.1) is 0 Å². The second kappa shape index (κ2) is 3.61. The molecule has 14 heavy (non-hydrogen) atoms. The number of rotatable bonds is 0. The van der Waals surface area contributed by atoms with Gasteiger partial charge in [-0.1, -0.05) is 50.3 Å². The zero-order valence-electron chi connectivity index (χ0n) is 9.09. The van der Waals surface area contributed by atoms with Crippen LogP contribution in [0, 0.1) is 5.41 Å². The van der Waals surface area contributed by atoms with Gasteiger partial charge in [-0.3, -0.25) is 0 Å². The molecule has 0 N–H and O–H groups in total. The third kappa shape index (κ3) is 2.06. The van der Waals surface area contributed by atoms with E-state index in [-0.39, 0.29) is 0 Å². The van der Waals surface area contributed by atoms with E-state index in [1.807, 2.05) is 0 Å². The maximum Gasteiger partial charge on any atom is -0.00947 e. The minimum atomic E-state index is 0.410. The van der Waals surface area contributed by atoms with E-state index in [1.165, 1.54) is 24.0 Å². The molecule has 0 heterocycles. The number of allylic oxidation sites excluding steroid dienone is 2. The van der Waals surface area contributed by atoms with Gasteiger partial charge in [-0.25, -0.2) is 0 Å². The van der Waals surface area contributed by atoms with Gasteiger partial charge >= 0.3 is 0 Å². The van der Waals surface area contributed by atoms with Crippen molar-refractivity contribution in [2.75, 3.05) is 0 Å². The zero-order valence-corrected chi connectivity index (χ0v) is 9.09. The molecule has 0 saturated carbocycles. The van der Waals surface area contributed by atoms with Crippen molar-refractivity contribution in [1.82, 2.24) is 0 Å². The lowest BCUT2D eigenvalue weighted by Crippen LogP contribution is -2.16. The Morgan fingerprint density at radius 3 is 2.50 bits per heavy atom. The van der Waals surface area contributed by atoms with Crippen LogP contribution in [0.15, 0.2) is 36.4 Å². The van der Waals surface area contributed by atoms with Crippen LogP contribution >= 0.6 is 0 Å². The van der Waals surface area contributed by atoms with E-state index in [4.69, 9.17) is 0 Å². The Labute approximate surface area is 86.7 Å². The Morgan fingerprint density at radius 1 is 1.00 bits per heavy atom. The summed E-state index contributed by atoms with van der Waals surface area (Å²) in [7, 11) is 0.